The molecule has 2 aliphatic rings. The second kappa shape index (κ2) is 2.83. The number of benzene rings is 1. The molecule has 78 valence electrons. The van der Waals surface area contributed by atoms with Crippen LogP contribution in [0.3, 0.4) is 0 Å². The highest BCUT2D eigenvalue weighted by Gasteiger charge is 2.69. The van der Waals surface area contributed by atoms with Crippen molar-refractivity contribution in [1.29, 1.82) is 0 Å². The van der Waals surface area contributed by atoms with Gasteiger partial charge in [-0.3, -0.25) is 0 Å². The number of carbonyl (C=O) groups excluding carboxylic acids is 1. The Morgan fingerprint density at radius 2 is 2.40 bits per heavy atom. The molecule has 3 nitrogen and oxygen atoms in total. The number of carbonyl (C=O) groups is 1. The molecule has 0 saturated carbocycles. The SMILES string of the molecule is CCOC(=O)C12OC1Cc1ccccc12. The van der Waals surface area contributed by atoms with E-state index < -0.39 is 5.60 Å². The first-order valence-corrected chi connectivity index (χ1v) is 5.22. The number of esters is 1. The van der Waals surface area contributed by atoms with E-state index in [0.29, 0.717) is 6.61 Å². The molecule has 0 amide bonds. The van der Waals surface area contributed by atoms with Gasteiger partial charge in [0.15, 0.2) is 0 Å². The fourth-order valence-electron chi connectivity index (χ4n) is 2.40. The highest BCUT2D eigenvalue weighted by molar-refractivity contribution is 5.87. The summed E-state index contributed by atoms with van der Waals surface area (Å²) in [5.74, 6) is -0.236. The third kappa shape index (κ3) is 1.01. The lowest BCUT2D eigenvalue weighted by atomic mass is 10.0. The van der Waals surface area contributed by atoms with Crippen molar-refractivity contribution in [2.45, 2.75) is 25.0 Å². The zero-order chi connectivity index (χ0) is 10.5. The number of fused-ring (bicyclic) bond motifs is 3. The molecule has 15 heavy (non-hydrogen) atoms. The molecule has 2 unspecified atom stereocenters. The van der Waals surface area contributed by atoms with Gasteiger partial charge in [-0.25, -0.2) is 4.79 Å². The topological polar surface area (TPSA) is 38.8 Å². The van der Waals surface area contributed by atoms with Crippen molar-refractivity contribution in [2.75, 3.05) is 6.61 Å². The molecular weight excluding hydrogens is 192 g/mol. The van der Waals surface area contributed by atoms with Gasteiger partial charge in [0.25, 0.3) is 0 Å². The summed E-state index contributed by atoms with van der Waals surface area (Å²) < 4.78 is 10.6. The minimum Gasteiger partial charge on any atom is -0.464 e. The molecule has 3 rings (SSSR count). The molecule has 1 aliphatic carbocycles. The summed E-state index contributed by atoms with van der Waals surface area (Å²) in [6.45, 7) is 2.21. The average molecular weight is 204 g/mol. The predicted molar refractivity (Wildman–Crippen MR) is 53.3 cm³/mol. The van der Waals surface area contributed by atoms with Gasteiger partial charge >= 0.3 is 5.97 Å². The highest BCUT2D eigenvalue weighted by Crippen LogP contribution is 2.55. The van der Waals surface area contributed by atoms with Crippen molar-refractivity contribution >= 4 is 5.97 Å². The third-order valence-electron chi connectivity index (χ3n) is 3.13. The van der Waals surface area contributed by atoms with E-state index in [1.54, 1.807) is 0 Å². The van der Waals surface area contributed by atoms with E-state index in [2.05, 4.69) is 0 Å². The lowest BCUT2D eigenvalue weighted by Crippen LogP contribution is -2.25. The molecule has 1 aromatic rings. The molecule has 0 spiro atoms. The van der Waals surface area contributed by atoms with Crippen LogP contribution in [0.5, 0.6) is 0 Å². The zero-order valence-corrected chi connectivity index (χ0v) is 8.53. The summed E-state index contributed by atoms with van der Waals surface area (Å²) in [5, 5.41) is 0. The van der Waals surface area contributed by atoms with Crippen LogP contribution in [0.15, 0.2) is 24.3 Å². The molecule has 0 aromatic heterocycles. The Kier molecular flexibility index (Phi) is 1.68. The molecule has 1 fully saturated rings. The van der Waals surface area contributed by atoms with E-state index >= 15 is 0 Å². The lowest BCUT2D eigenvalue weighted by molar-refractivity contribution is -0.149. The summed E-state index contributed by atoms with van der Waals surface area (Å²) in [6, 6.07) is 7.93. The Morgan fingerprint density at radius 1 is 1.60 bits per heavy atom. The van der Waals surface area contributed by atoms with Crippen LogP contribution in [0.25, 0.3) is 0 Å². The lowest BCUT2D eigenvalue weighted by Gasteiger charge is -2.10. The van der Waals surface area contributed by atoms with Crippen LogP contribution in [0, 0.1) is 0 Å². The van der Waals surface area contributed by atoms with Crippen LogP contribution < -0.4 is 0 Å². The second-order valence-corrected chi connectivity index (χ2v) is 3.92. The van der Waals surface area contributed by atoms with Gasteiger partial charge in [0, 0.05) is 12.0 Å². The van der Waals surface area contributed by atoms with Crippen molar-refractivity contribution in [3.63, 3.8) is 0 Å². The Bertz CT molecular complexity index is 427. The minimum absolute atomic E-state index is 0.00829. The quantitative estimate of drug-likeness (QED) is 0.540. The first-order valence-electron chi connectivity index (χ1n) is 5.22. The van der Waals surface area contributed by atoms with Crippen molar-refractivity contribution in [3.05, 3.63) is 35.4 Å². The molecule has 1 aliphatic heterocycles. The first kappa shape index (κ1) is 8.92. The van der Waals surface area contributed by atoms with Gasteiger partial charge < -0.3 is 9.47 Å². The summed E-state index contributed by atoms with van der Waals surface area (Å²) in [7, 11) is 0. The molecule has 1 saturated heterocycles. The smallest absolute Gasteiger partial charge is 0.345 e. The molecule has 1 aromatic carbocycles. The monoisotopic (exact) mass is 204 g/mol. The molecule has 0 radical (unpaired) electrons. The fourth-order valence-corrected chi connectivity index (χ4v) is 2.40. The van der Waals surface area contributed by atoms with Gasteiger partial charge in [0.2, 0.25) is 5.60 Å². The number of hydrogen-bond donors (Lipinski definition) is 0. The van der Waals surface area contributed by atoms with E-state index in [1.165, 1.54) is 5.56 Å². The van der Waals surface area contributed by atoms with Crippen LogP contribution in [-0.4, -0.2) is 18.7 Å². The first-order chi connectivity index (χ1) is 7.29. The van der Waals surface area contributed by atoms with Crippen LogP contribution in [0.2, 0.25) is 0 Å². The Morgan fingerprint density at radius 3 is 3.20 bits per heavy atom. The van der Waals surface area contributed by atoms with Gasteiger partial charge in [0.05, 0.1) is 6.61 Å². The summed E-state index contributed by atoms with van der Waals surface area (Å²) >= 11 is 0. The van der Waals surface area contributed by atoms with E-state index in [0.717, 1.165) is 12.0 Å². The largest absolute Gasteiger partial charge is 0.464 e. The number of hydrogen-bond acceptors (Lipinski definition) is 3. The predicted octanol–water partition coefficient (Wildman–Crippen LogP) is 1.40. The average Bonchev–Trinajstić information content (AvgIpc) is 2.88. The maximum atomic E-state index is 11.8. The summed E-state index contributed by atoms with van der Waals surface area (Å²) in [4.78, 5) is 11.8. The normalized spacial score (nSPS) is 30.6. The number of epoxide rings is 1. The molecule has 0 N–H and O–H groups in total. The van der Waals surface area contributed by atoms with Crippen LogP contribution in [-0.2, 0) is 26.3 Å². The van der Waals surface area contributed by atoms with Gasteiger partial charge in [-0.15, -0.1) is 0 Å². The molecule has 3 heteroatoms. The molecular formula is C12H12O3. The summed E-state index contributed by atoms with van der Waals surface area (Å²) in [5.41, 5.74) is 1.45. The van der Waals surface area contributed by atoms with Crippen LogP contribution in [0.1, 0.15) is 18.1 Å². The van der Waals surface area contributed by atoms with Gasteiger partial charge in [-0.05, 0) is 12.5 Å². The van der Waals surface area contributed by atoms with Gasteiger partial charge in [-0.1, -0.05) is 24.3 Å². The highest BCUT2D eigenvalue weighted by atomic mass is 16.7. The van der Waals surface area contributed by atoms with E-state index in [1.807, 2.05) is 31.2 Å². The Hall–Kier alpha value is -1.35. The third-order valence-corrected chi connectivity index (χ3v) is 3.13. The number of rotatable bonds is 2. The molecule has 1 heterocycles. The molecule has 2 atom stereocenters. The molecule has 0 bridgehead atoms. The van der Waals surface area contributed by atoms with Crippen LogP contribution >= 0.6 is 0 Å². The minimum atomic E-state index is -0.757. The fraction of sp³-hybridized carbons (Fsp3) is 0.417. The second-order valence-electron chi connectivity index (χ2n) is 3.92. The van der Waals surface area contributed by atoms with Crippen LogP contribution in [0.4, 0.5) is 0 Å². The summed E-state index contributed by atoms with van der Waals surface area (Å²) in [6.07, 6.45) is 0.837. The Balaban J connectivity index is 2.00. The Labute approximate surface area is 88.0 Å². The standard InChI is InChI=1S/C12H12O3/c1-2-14-11(13)12-9-6-4-3-5-8(9)7-10(12)15-12/h3-6,10H,2,7H2,1H3. The maximum absolute atomic E-state index is 11.8. The van der Waals surface area contributed by atoms with Crippen molar-refractivity contribution < 1.29 is 14.3 Å². The van der Waals surface area contributed by atoms with Crippen molar-refractivity contribution in [1.82, 2.24) is 0 Å². The van der Waals surface area contributed by atoms with Crippen molar-refractivity contribution in [3.8, 4) is 0 Å². The number of ether oxygens (including phenoxy) is 2. The van der Waals surface area contributed by atoms with Crippen molar-refractivity contribution in [2.24, 2.45) is 0 Å². The van der Waals surface area contributed by atoms with E-state index in [4.69, 9.17) is 9.47 Å². The van der Waals surface area contributed by atoms with E-state index in [9.17, 15) is 4.79 Å². The van der Waals surface area contributed by atoms with Gasteiger partial charge in [0.1, 0.15) is 6.10 Å². The zero-order valence-electron chi connectivity index (χ0n) is 8.53. The van der Waals surface area contributed by atoms with Gasteiger partial charge in [-0.2, -0.15) is 0 Å². The van der Waals surface area contributed by atoms with E-state index in [-0.39, 0.29) is 12.1 Å². The maximum Gasteiger partial charge on any atom is 0.345 e.